The van der Waals surface area contributed by atoms with Crippen LogP contribution in [0.3, 0.4) is 0 Å². The number of nitrogens with zero attached hydrogens (tertiary/aromatic N) is 1. The van der Waals surface area contributed by atoms with Gasteiger partial charge in [0.1, 0.15) is 11.8 Å². The second-order valence-corrected chi connectivity index (χ2v) is 6.34. The standard InChI is InChI=1S/C15H21NO4S/c1-3-5-10-21(18)16-8-6-13(15(17)20-4-2)14(16)12-7-9-19-11-12/h6-7,9,11,14H,3-5,8,10H2,1-2H3/t14-,21+/m1/s1. The van der Waals surface area contributed by atoms with Crippen molar-refractivity contribution >= 4 is 17.3 Å². The molecular weight excluding hydrogens is 290 g/mol. The van der Waals surface area contributed by atoms with E-state index in [2.05, 4.69) is 6.92 Å². The minimum Gasteiger partial charge on any atom is -0.598 e. The third-order valence-electron chi connectivity index (χ3n) is 3.38. The summed E-state index contributed by atoms with van der Waals surface area (Å²) in [5.74, 6) is 0.258. The summed E-state index contributed by atoms with van der Waals surface area (Å²) < 4.78 is 24.5. The van der Waals surface area contributed by atoms with E-state index >= 15 is 0 Å². The Kier molecular flexibility index (Phi) is 5.90. The van der Waals surface area contributed by atoms with Gasteiger partial charge in [0.05, 0.1) is 31.3 Å². The zero-order chi connectivity index (χ0) is 15.2. The number of carbonyl (C=O) groups excluding carboxylic acids is 1. The molecule has 5 nitrogen and oxygen atoms in total. The van der Waals surface area contributed by atoms with Crippen molar-refractivity contribution in [3.63, 3.8) is 0 Å². The third kappa shape index (κ3) is 3.70. The maximum absolute atomic E-state index is 12.5. The molecule has 0 saturated carbocycles. The maximum atomic E-state index is 12.5. The van der Waals surface area contributed by atoms with Crippen LogP contribution in [0.4, 0.5) is 0 Å². The van der Waals surface area contributed by atoms with Crippen molar-refractivity contribution in [3.05, 3.63) is 35.8 Å². The second-order valence-electron chi connectivity index (χ2n) is 4.82. The SMILES string of the molecule is CCCC[S@+]([O-])N1CC=C(C(=O)OCC)[C@H]1c1ccoc1. The van der Waals surface area contributed by atoms with Crippen LogP contribution in [-0.2, 0) is 20.9 Å². The summed E-state index contributed by atoms with van der Waals surface area (Å²) >= 11 is -1.12. The Morgan fingerprint density at radius 2 is 2.38 bits per heavy atom. The van der Waals surface area contributed by atoms with Gasteiger partial charge in [0.15, 0.2) is 0 Å². The first-order valence-electron chi connectivity index (χ1n) is 7.23. The molecule has 0 spiro atoms. The highest BCUT2D eigenvalue weighted by molar-refractivity contribution is 7.89. The van der Waals surface area contributed by atoms with Crippen LogP contribution >= 0.6 is 0 Å². The number of ether oxygens (including phenoxy) is 1. The van der Waals surface area contributed by atoms with Gasteiger partial charge in [-0.15, -0.1) is 4.31 Å². The fourth-order valence-electron chi connectivity index (χ4n) is 2.33. The summed E-state index contributed by atoms with van der Waals surface area (Å²) in [4.78, 5) is 12.1. The minimum absolute atomic E-state index is 0.327. The Bertz CT molecular complexity index is 486. The van der Waals surface area contributed by atoms with Crippen LogP contribution < -0.4 is 0 Å². The molecule has 0 N–H and O–H groups in total. The minimum atomic E-state index is -1.12. The maximum Gasteiger partial charge on any atom is 0.335 e. The Balaban J connectivity index is 2.18. The summed E-state index contributed by atoms with van der Waals surface area (Å²) in [5, 5.41) is 0. The molecule has 0 amide bonds. The average molecular weight is 311 g/mol. The largest absolute Gasteiger partial charge is 0.598 e. The van der Waals surface area contributed by atoms with Crippen molar-refractivity contribution in [2.75, 3.05) is 18.9 Å². The van der Waals surface area contributed by atoms with Crippen LogP contribution in [0.25, 0.3) is 0 Å². The van der Waals surface area contributed by atoms with Crippen molar-refractivity contribution in [3.8, 4) is 0 Å². The van der Waals surface area contributed by atoms with E-state index in [1.807, 2.05) is 4.31 Å². The van der Waals surface area contributed by atoms with Crippen molar-refractivity contribution < 1.29 is 18.5 Å². The lowest BCUT2D eigenvalue weighted by Gasteiger charge is -2.26. The zero-order valence-corrected chi connectivity index (χ0v) is 13.2. The molecule has 21 heavy (non-hydrogen) atoms. The summed E-state index contributed by atoms with van der Waals surface area (Å²) in [6.45, 7) is 4.65. The second kappa shape index (κ2) is 7.68. The van der Waals surface area contributed by atoms with Crippen LogP contribution in [0.1, 0.15) is 38.3 Å². The lowest BCUT2D eigenvalue weighted by molar-refractivity contribution is -0.138. The lowest BCUT2D eigenvalue weighted by atomic mass is 10.0. The molecule has 0 radical (unpaired) electrons. The van der Waals surface area contributed by atoms with E-state index in [0.29, 0.717) is 24.5 Å². The van der Waals surface area contributed by atoms with Crippen molar-refractivity contribution in [2.45, 2.75) is 32.7 Å². The van der Waals surface area contributed by atoms with E-state index in [0.717, 1.165) is 18.4 Å². The summed E-state index contributed by atoms with van der Waals surface area (Å²) in [6, 6.07) is 1.45. The number of carbonyl (C=O) groups is 1. The van der Waals surface area contributed by atoms with Crippen LogP contribution in [0.2, 0.25) is 0 Å². The van der Waals surface area contributed by atoms with Gasteiger partial charge in [0, 0.05) is 16.9 Å². The number of rotatable bonds is 7. The quantitative estimate of drug-likeness (QED) is 0.572. The first-order chi connectivity index (χ1) is 10.2. The van der Waals surface area contributed by atoms with Crippen molar-refractivity contribution in [1.29, 1.82) is 0 Å². The van der Waals surface area contributed by atoms with Crippen molar-refractivity contribution in [2.24, 2.45) is 0 Å². The van der Waals surface area contributed by atoms with E-state index in [1.54, 1.807) is 31.6 Å². The van der Waals surface area contributed by atoms with Gasteiger partial charge in [0.25, 0.3) is 0 Å². The van der Waals surface area contributed by atoms with Crippen molar-refractivity contribution in [1.82, 2.24) is 4.31 Å². The lowest BCUT2D eigenvalue weighted by Crippen LogP contribution is -2.35. The number of esters is 1. The summed E-state index contributed by atoms with van der Waals surface area (Å²) in [5.41, 5.74) is 1.37. The van der Waals surface area contributed by atoms with Gasteiger partial charge in [0.2, 0.25) is 0 Å². The molecule has 2 atom stereocenters. The molecule has 0 aliphatic carbocycles. The molecule has 116 valence electrons. The van der Waals surface area contributed by atoms with Crippen LogP contribution in [-0.4, -0.2) is 33.7 Å². The van der Waals surface area contributed by atoms with E-state index in [9.17, 15) is 9.35 Å². The van der Waals surface area contributed by atoms with Crippen LogP contribution in [0.5, 0.6) is 0 Å². The van der Waals surface area contributed by atoms with Gasteiger partial charge in [-0.2, -0.15) is 0 Å². The highest BCUT2D eigenvalue weighted by atomic mass is 32.2. The first-order valence-corrected chi connectivity index (χ1v) is 8.51. The van der Waals surface area contributed by atoms with Gasteiger partial charge >= 0.3 is 5.97 Å². The van der Waals surface area contributed by atoms with E-state index in [-0.39, 0.29) is 12.0 Å². The van der Waals surface area contributed by atoms with Gasteiger partial charge in [-0.1, -0.05) is 19.4 Å². The van der Waals surface area contributed by atoms with Gasteiger partial charge in [-0.25, -0.2) is 4.79 Å². The number of furan rings is 1. The molecule has 1 aromatic rings. The molecule has 0 saturated heterocycles. The van der Waals surface area contributed by atoms with Gasteiger partial charge in [-0.05, 0) is 19.4 Å². The van der Waals surface area contributed by atoms with E-state index in [1.165, 1.54) is 0 Å². The molecule has 2 rings (SSSR count). The number of unbranched alkanes of at least 4 members (excludes halogenated alkanes) is 1. The van der Waals surface area contributed by atoms with E-state index in [4.69, 9.17) is 9.15 Å². The molecule has 6 heteroatoms. The molecule has 1 aromatic heterocycles. The average Bonchev–Trinajstić information content (AvgIpc) is 3.12. The molecule has 0 aromatic carbocycles. The normalized spacial score (nSPS) is 20.3. The fraction of sp³-hybridized carbons (Fsp3) is 0.533. The summed E-state index contributed by atoms with van der Waals surface area (Å²) in [6.07, 6.45) is 6.85. The Morgan fingerprint density at radius 3 is 3.00 bits per heavy atom. The molecule has 0 bridgehead atoms. The zero-order valence-electron chi connectivity index (χ0n) is 12.4. The Labute approximate surface area is 128 Å². The molecule has 2 heterocycles. The predicted octanol–water partition coefficient (Wildman–Crippen LogP) is 2.59. The predicted molar refractivity (Wildman–Crippen MR) is 80.8 cm³/mol. The van der Waals surface area contributed by atoms with E-state index < -0.39 is 11.4 Å². The topological polar surface area (TPSA) is 65.7 Å². The first kappa shape index (κ1) is 16.1. The molecule has 0 unspecified atom stereocenters. The number of hydrogen-bond acceptors (Lipinski definition) is 5. The molecule has 0 fully saturated rings. The van der Waals surface area contributed by atoms with Crippen LogP contribution in [0.15, 0.2) is 34.7 Å². The molecule has 1 aliphatic rings. The molecular formula is C15H21NO4S. The van der Waals surface area contributed by atoms with Gasteiger partial charge in [-0.3, -0.25) is 0 Å². The highest BCUT2D eigenvalue weighted by Crippen LogP contribution is 2.36. The Morgan fingerprint density at radius 1 is 1.57 bits per heavy atom. The fourth-order valence-corrected chi connectivity index (χ4v) is 3.81. The monoisotopic (exact) mass is 311 g/mol. The third-order valence-corrected chi connectivity index (χ3v) is 4.90. The van der Waals surface area contributed by atoms with Gasteiger partial charge < -0.3 is 13.7 Å². The Hall–Kier alpha value is -1.24. The smallest absolute Gasteiger partial charge is 0.335 e. The summed E-state index contributed by atoms with van der Waals surface area (Å²) in [7, 11) is 0. The van der Waals surface area contributed by atoms with Crippen LogP contribution in [0, 0.1) is 0 Å². The highest BCUT2D eigenvalue weighted by Gasteiger charge is 2.40. The molecule has 1 aliphatic heterocycles. The number of hydrogen-bond donors (Lipinski definition) is 0.